The van der Waals surface area contributed by atoms with Gasteiger partial charge in [-0.1, -0.05) is 15.9 Å². The molecule has 1 aromatic heterocycles. The molecule has 0 saturated carbocycles. The second kappa shape index (κ2) is 4.46. The van der Waals surface area contributed by atoms with Gasteiger partial charge in [-0.05, 0) is 18.2 Å². The van der Waals surface area contributed by atoms with E-state index in [-0.39, 0.29) is 11.3 Å². The van der Waals surface area contributed by atoms with Crippen molar-refractivity contribution in [1.82, 2.24) is 10.2 Å². The van der Waals surface area contributed by atoms with Crippen LogP contribution in [0, 0.1) is 0 Å². The van der Waals surface area contributed by atoms with Gasteiger partial charge in [-0.2, -0.15) is 5.10 Å². The molecule has 0 spiro atoms. The normalized spacial score (nSPS) is 10.2. The number of hydrogen-bond acceptors (Lipinski definition) is 4. The Balaban J connectivity index is 2.23. The third-order valence-electron chi connectivity index (χ3n) is 2.11. The van der Waals surface area contributed by atoms with Gasteiger partial charge in [-0.3, -0.25) is 9.89 Å². The highest BCUT2D eigenvalue weighted by Gasteiger charge is 2.13. The lowest BCUT2D eigenvalue weighted by atomic mass is 10.2. The van der Waals surface area contributed by atoms with Crippen molar-refractivity contribution in [2.24, 2.45) is 0 Å². The third-order valence-corrected chi connectivity index (χ3v) is 2.60. The van der Waals surface area contributed by atoms with Gasteiger partial charge in [0, 0.05) is 4.47 Å². The number of nitrogen functional groups attached to an aromatic ring is 1. The van der Waals surface area contributed by atoms with Gasteiger partial charge in [-0.15, -0.1) is 0 Å². The maximum Gasteiger partial charge on any atom is 0.260 e. The lowest BCUT2D eigenvalue weighted by Crippen LogP contribution is -2.13. The molecule has 7 heteroatoms. The number of halogens is 1. The summed E-state index contributed by atoms with van der Waals surface area (Å²) in [5.74, 6) is -0.279. The molecule has 0 fully saturated rings. The van der Waals surface area contributed by atoms with Crippen LogP contribution in [0.1, 0.15) is 10.4 Å². The van der Waals surface area contributed by atoms with Gasteiger partial charge < -0.3 is 16.2 Å². The SMILES string of the molecule is Nc1cn[nH]c1NC(=O)c1ccc(Br)cc1O. The molecule has 0 aliphatic heterocycles. The molecule has 0 radical (unpaired) electrons. The van der Waals surface area contributed by atoms with Gasteiger partial charge in [0.1, 0.15) is 5.75 Å². The zero-order valence-electron chi connectivity index (χ0n) is 8.57. The number of nitrogens with zero attached hydrogens (tertiary/aromatic N) is 1. The minimum atomic E-state index is -0.467. The summed E-state index contributed by atoms with van der Waals surface area (Å²) < 4.78 is 0.688. The summed E-state index contributed by atoms with van der Waals surface area (Å²) in [7, 11) is 0. The molecule has 2 rings (SSSR count). The molecule has 1 amide bonds. The number of aromatic amines is 1. The molecule has 0 atom stereocenters. The monoisotopic (exact) mass is 296 g/mol. The first-order valence-corrected chi connectivity index (χ1v) is 5.46. The van der Waals surface area contributed by atoms with E-state index in [9.17, 15) is 9.90 Å². The predicted octanol–water partition coefficient (Wildman–Crippen LogP) is 1.71. The summed E-state index contributed by atoms with van der Waals surface area (Å²) >= 11 is 3.19. The van der Waals surface area contributed by atoms with E-state index < -0.39 is 5.91 Å². The second-order valence-corrected chi connectivity index (χ2v) is 4.23. The molecule has 0 unspecified atom stereocenters. The fourth-order valence-corrected chi connectivity index (χ4v) is 1.62. The van der Waals surface area contributed by atoms with E-state index in [2.05, 4.69) is 31.4 Å². The summed E-state index contributed by atoms with van der Waals surface area (Å²) in [6.45, 7) is 0. The number of rotatable bonds is 2. The van der Waals surface area contributed by atoms with E-state index in [4.69, 9.17) is 5.73 Å². The number of nitrogens with two attached hydrogens (primary N) is 1. The fraction of sp³-hybridized carbons (Fsp3) is 0. The Kier molecular flexibility index (Phi) is 3.01. The Hall–Kier alpha value is -2.02. The van der Waals surface area contributed by atoms with E-state index in [1.54, 1.807) is 6.07 Å². The second-order valence-electron chi connectivity index (χ2n) is 3.32. The summed E-state index contributed by atoms with van der Waals surface area (Å²) in [6, 6.07) is 4.59. The van der Waals surface area contributed by atoms with Gasteiger partial charge in [0.2, 0.25) is 0 Å². The van der Waals surface area contributed by atoms with Crippen molar-refractivity contribution in [3.63, 3.8) is 0 Å². The number of benzene rings is 1. The zero-order valence-corrected chi connectivity index (χ0v) is 10.2. The number of H-pyrrole nitrogens is 1. The maximum absolute atomic E-state index is 11.8. The van der Waals surface area contributed by atoms with E-state index >= 15 is 0 Å². The molecule has 1 aromatic carbocycles. The standard InChI is InChI=1S/C10H9BrN4O2/c11-5-1-2-6(8(16)3-5)10(17)14-9-7(12)4-13-15-9/h1-4,16H,12H2,(H2,13,14,15,17). The van der Waals surface area contributed by atoms with Crippen molar-refractivity contribution in [2.75, 3.05) is 11.1 Å². The van der Waals surface area contributed by atoms with Gasteiger partial charge in [0.25, 0.3) is 5.91 Å². The van der Waals surface area contributed by atoms with Gasteiger partial charge in [0.05, 0.1) is 17.4 Å². The van der Waals surface area contributed by atoms with Crippen LogP contribution in [0.15, 0.2) is 28.9 Å². The molecule has 2 aromatic rings. The highest BCUT2D eigenvalue weighted by atomic mass is 79.9. The number of anilines is 2. The molecule has 6 nitrogen and oxygen atoms in total. The Labute approximate surface area is 105 Å². The van der Waals surface area contributed by atoms with Crippen molar-refractivity contribution in [3.8, 4) is 5.75 Å². The molecule has 0 aliphatic rings. The van der Waals surface area contributed by atoms with Crippen LogP contribution in [0.4, 0.5) is 11.5 Å². The van der Waals surface area contributed by atoms with Crippen LogP contribution in [0.2, 0.25) is 0 Å². The fourth-order valence-electron chi connectivity index (χ4n) is 1.27. The van der Waals surface area contributed by atoms with Crippen LogP contribution in [-0.2, 0) is 0 Å². The smallest absolute Gasteiger partial charge is 0.260 e. The van der Waals surface area contributed by atoms with Gasteiger partial charge >= 0.3 is 0 Å². The van der Waals surface area contributed by atoms with Crippen LogP contribution in [0.25, 0.3) is 0 Å². The largest absolute Gasteiger partial charge is 0.507 e. The highest BCUT2D eigenvalue weighted by molar-refractivity contribution is 9.10. The van der Waals surface area contributed by atoms with Crippen LogP contribution >= 0.6 is 15.9 Å². The predicted molar refractivity (Wildman–Crippen MR) is 66.8 cm³/mol. The van der Waals surface area contributed by atoms with Crippen LogP contribution in [-0.4, -0.2) is 21.2 Å². The quantitative estimate of drug-likeness (QED) is 0.677. The van der Waals surface area contributed by atoms with Crippen LogP contribution in [0.5, 0.6) is 5.75 Å². The Morgan fingerprint density at radius 2 is 2.29 bits per heavy atom. The van der Waals surface area contributed by atoms with Crippen molar-refractivity contribution in [2.45, 2.75) is 0 Å². The topological polar surface area (TPSA) is 104 Å². The summed E-state index contributed by atoms with van der Waals surface area (Å²) in [6.07, 6.45) is 1.39. The minimum Gasteiger partial charge on any atom is -0.507 e. The summed E-state index contributed by atoms with van der Waals surface area (Å²) in [4.78, 5) is 11.8. The number of hydrogen-bond donors (Lipinski definition) is 4. The van der Waals surface area contributed by atoms with Gasteiger partial charge in [-0.25, -0.2) is 0 Å². The molecule has 0 bridgehead atoms. The van der Waals surface area contributed by atoms with Crippen LogP contribution in [0.3, 0.4) is 0 Å². The Morgan fingerprint density at radius 1 is 1.53 bits per heavy atom. The number of phenols is 1. The Morgan fingerprint density at radius 3 is 2.88 bits per heavy atom. The van der Waals surface area contributed by atoms with Crippen LogP contribution < -0.4 is 11.1 Å². The summed E-state index contributed by atoms with van der Waals surface area (Å²) in [5, 5.41) is 18.3. The molecule has 0 aliphatic carbocycles. The molecular formula is C10H9BrN4O2. The van der Waals surface area contributed by atoms with Crippen molar-refractivity contribution in [1.29, 1.82) is 0 Å². The molecule has 0 saturated heterocycles. The lowest BCUT2D eigenvalue weighted by Gasteiger charge is -2.05. The number of aromatic nitrogens is 2. The van der Waals surface area contributed by atoms with Crippen molar-refractivity contribution >= 4 is 33.3 Å². The molecule has 1 heterocycles. The first kappa shape index (κ1) is 11.5. The number of carbonyl (C=O) groups excluding carboxylic acids is 1. The average molecular weight is 297 g/mol. The number of nitrogens with one attached hydrogen (secondary N) is 2. The lowest BCUT2D eigenvalue weighted by molar-refractivity contribution is 0.102. The first-order chi connectivity index (χ1) is 8.08. The van der Waals surface area contributed by atoms with Crippen molar-refractivity contribution < 1.29 is 9.90 Å². The number of phenolic OH excluding ortho intramolecular Hbond substituents is 1. The molecule has 5 N–H and O–H groups in total. The van der Waals surface area contributed by atoms with E-state index in [0.717, 1.165) is 0 Å². The molecule has 17 heavy (non-hydrogen) atoms. The maximum atomic E-state index is 11.8. The first-order valence-electron chi connectivity index (χ1n) is 4.66. The number of aromatic hydroxyl groups is 1. The number of amides is 1. The average Bonchev–Trinajstić information content (AvgIpc) is 2.64. The minimum absolute atomic E-state index is 0.116. The summed E-state index contributed by atoms with van der Waals surface area (Å²) in [5.41, 5.74) is 6.03. The van der Waals surface area contributed by atoms with E-state index in [1.165, 1.54) is 18.3 Å². The zero-order chi connectivity index (χ0) is 12.4. The Bertz CT molecular complexity index is 567. The van der Waals surface area contributed by atoms with Crippen molar-refractivity contribution in [3.05, 3.63) is 34.4 Å². The van der Waals surface area contributed by atoms with E-state index in [1.807, 2.05) is 0 Å². The molecular weight excluding hydrogens is 288 g/mol. The third kappa shape index (κ3) is 2.39. The highest BCUT2D eigenvalue weighted by Crippen LogP contribution is 2.23. The number of carbonyl (C=O) groups is 1. The molecule has 88 valence electrons. The van der Waals surface area contributed by atoms with E-state index in [0.29, 0.717) is 16.0 Å². The van der Waals surface area contributed by atoms with Gasteiger partial charge in [0.15, 0.2) is 5.82 Å².